The predicted octanol–water partition coefficient (Wildman–Crippen LogP) is 2.43. The predicted molar refractivity (Wildman–Crippen MR) is 105 cm³/mol. The second kappa shape index (κ2) is 6.68. The SMILES string of the molecule is Cn1cnc([C@H]2CN(C(=O)c3ccc(F)cc3)C[C@]23CCN(CC2CC2)C3=O)c1. The summed E-state index contributed by atoms with van der Waals surface area (Å²) in [6.07, 6.45) is 6.85. The summed E-state index contributed by atoms with van der Waals surface area (Å²) in [6, 6.07) is 5.61. The highest BCUT2D eigenvalue weighted by atomic mass is 19.1. The lowest BCUT2D eigenvalue weighted by molar-refractivity contribution is -0.136. The van der Waals surface area contributed by atoms with E-state index in [0.717, 1.165) is 25.2 Å². The Morgan fingerprint density at radius 2 is 2.03 bits per heavy atom. The number of imidazole rings is 1. The van der Waals surface area contributed by atoms with Gasteiger partial charge >= 0.3 is 0 Å². The molecule has 3 heterocycles. The van der Waals surface area contributed by atoms with Crippen LogP contribution in [0.1, 0.15) is 41.2 Å². The summed E-state index contributed by atoms with van der Waals surface area (Å²) in [5.74, 6) is 0.156. The minimum Gasteiger partial charge on any atom is -0.342 e. The molecule has 152 valence electrons. The second-order valence-electron chi connectivity index (χ2n) is 8.81. The van der Waals surface area contributed by atoms with Crippen molar-refractivity contribution in [2.24, 2.45) is 18.4 Å². The average Bonchev–Trinajstić information content (AvgIpc) is 3.16. The van der Waals surface area contributed by atoms with Gasteiger partial charge in [-0.25, -0.2) is 9.37 Å². The fourth-order valence-electron chi connectivity index (χ4n) is 4.94. The van der Waals surface area contributed by atoms with Gasteiger partial charge in [-0.1, -0.05) is 0 Å². The van der Waals surface area contributed by atoms with E-state index in [1.54, 1.807) is 11.2 Å². The summed E-state index contributed by atoms with van der Waals surface area (Å²) in [4.78, 5) is 34.9. The number of carbonyl (C=O) groups excluding carboxylic acids is 2. The molecular weight excluding hydrogens is 371 g/mol. The van der Waals surface area contributed by atoms with Crippen molar-refractivity contribution in [3.05, 3.63) is 53.9 Å². The summed E-state index contributed by atoms with van der Waals surface area (Å²) in [5, 5.41) is 0. The first-order chi connectivity index (χ1) is 14.0. The van der Waals surface area contributed by atoms with Crippen molar-refractivity contribution in [3.8, 4) is 0 Å². The number of hydrogen-bond acceptors (Lipinski definition) is 3. The maximum absolute atomic E-state index is 13.5. The zero-order chi connectivity index (χ0) is 20.2. The number of carbonyl (C=O) groups is 2. The quantitative estimate of drug-likeness (QED) is 0.798. The third-order valence-corrected chi connectivity index (χ3v) is 6.72. The standard InChI is InChI=1S/C22H25FN4O2/c1-25-12-19(24-14-25)18-11-27(20(28)16-4-6-17(23)7-5-16)13-22(18)8-9-26(21(22)29)10-15-2-3-15/h4-7,12,14-15,18H,2-3,8-11,13H2,1H3/t18-,22-/m1/s1. The first-order valence-electron chi connectivity index (χ1n) is 10.3. The highest BCUT2D eigenvalue weighted by Gasteiger charge is 2.59. The van der Waals surface area contributed by atoms with Gasteiger partial charge in [0, 0.05) is 50.9 Å². The number of amides is 2. The zero-order valence-electron chi connectivity index (χ0n) is 16.6. The summed E-state index contributed by atoms with van der Waals surface area (Å²) in [6.45, 7) is 2.43. The van der Waals surface area contributed by atoms with E-state index in [-0.39, 0.29) is 23.5 Å². The van der Waals surface area contributed by atoms with Crippen LogP contribution in [0.25, 0.3) is 0 Å². The molecule has 1 spiro atoms. The average molecular weight is 396 g/mol. The van der Waals surface area contributed by atoms with E-state index in [1.807, 2.05) is 22.7 Å². The number of benzene rings is 1. The molecule has 5 rings (SSSR count). The van der Waals surface area contributed by atoms with Crippen molar-refractivity contribution >= 4 is 11.8 Å². The number of nitrogens with zero attached hydrogens (tertiary/aromatic N) is 4. The number of halogens is 1. The van der Waals surface area contributed by atoms with E-state index in [9.17, 15) is 14.0 Å². The Hall–Kier alpha value is -2.70. The molecule has 29 heavy (non-hydrogen) atoms. The van der Waals surface area contributed by atoms with Crippen molar-refractivity contribution in [3.63, 3.8) is 0 Å². The molecule has 1 saturated carbocycles. The van der Waals surface area contributed by atoms with Crippen LogP contribution in [0.3, 0.4) is 0 Å². The molecule has 2 saturated heterocycles. The number of likely N-dealkylation sites (tertiary alicyclic amines) is 2. The van der Waals surface area contributed by atoms with E-state index in [0.29, 0.717) is 24.6 Å². The molecule has 6 nitrogen and oxygen atoms in total. The fourth-order valence-corrected chi connectivity index (χ4v) is 4.94. The molecule has 2 amide bonds. The number of rotatable bonds is 4. The normalized spacial score (nSPS) is 26.7. The van der Waals surface area contributed by atoms with E-state index < -0.39 is 5.41 Å². The zero-order valence-corrected chi connectivity index (χ0v) is 16.6. The van der Waals surface area contributed by atoms with Gasteiger partial charge in [0.15, 0.2) is 0 Å². The van der Waals surface area contributed by atoms with Gasteiger partial charge in [0.1, 0.15) is 5.82 Å². The minimum absolute atomic E-state index is 0.121. The highest BCUT2D eigenvalue weighted by Crippen LogP contribution is 2.50. The Morgan fingerprint density at radius 1 is 1.28 bits per heavy atom. The Kier molecular flexibility index (Phi) is 4.22. The Balaban J connectivity index is 1.46. The van der Waals surface area contributed by atoms with Gasteiger partial charge in [-0.2, -0.15) is 0 Å². The maximum atomic E-state index is 13.5. The van der Waals surface area contributed by atoms with Crippen LogP contribution in [0.4, 0.5) is 4.39 Å². The van der Waals surface area contributed by atoms with Crippen LogP contribution in [0.15, 0.2) is 36.8 Å². The molecule has 7 heteroatoms. The molecule has 3 fully saturated rings. The monoisotopic (exact) mass is 396 g/mol. The molecule has 1 aliphatic carbocycles. The molecule has 0 radical (unpaired) electrons. The second-order valence-corrected chi connectivity index (χ2v) is 8.81. The summed E-state index contributed by atoms with van der Waals surface area (Å²) in [5.41, 5.74) is 0.700. The summed E-state index contributed by atoms with van der Waals surface area (Å²) >= 11 is 0. The number of aromatic nitrogens is 2. The first-order valence-corrected chi connectivity index (χ1v) is 10.3. The Morgan fingerprint density at radius 3 is 2.69 bits per heavy atom. The van der Waals surface area contributed by atoms with Gasteiger partial charge in [-0.05, 0) is 49.4 Å². The maximum Gasteiger partial charge on any atom is 0.253 e. The summed E-state index contributed by atoms with van der Waals surface area (Å²) < 4.78 is 15.2. The lowest BCUT2D eigenvalue weighted by Gasteiger charge is -2.27. The van der Waals surface area contributed by atoms with Gasteiger partial charge < -0.3 is 14.4 Å². The minimum atomic E-state index is -0.612. The van der Waals surface area contributed by atoms with Crippen LogP contribution < -0.4 is 0 Å². The molecule has 2 aromatic rings. The molecule has 1 aromatic carbocycles. The van der Waals surface area contributed by atoms with E-state index in [1.165, 1.54) is 37.1 Å². The van der Waals surface area contributed by atoms with Crippen molar-refractivity contribution < 1.29 is 14.0 Å². The third-order valence-electron chi connectivity index (χ3n) is 6.72. The van der Waals surface area contributed by atoms with Gasteiger partial charge in [-0.15, -0.1) is 0 Å². The van der Waals surface area contributed by atoms with Gasteiger partial charge in [0.25, 0.3) is 5.91 Å². The van der Waals surface area contributed by atoms with Gasteiger partial charge in [0.05, 0.1) is 17.4 Å². The molecule has 1 aromatic heterocycles. The molecule has 0 N–H and O–H groups in total. The smallest absolute Gasteiger partial charge is 0.253 e. The molecule has 0 bridgehead atoms. The van der Waals surface area contributed by atoms with Crippen LogP contribution in [-0.4, -0.2) is 57.3 Å². The molecule has 3 aliphatic rings. The van der Waals surface area contributed by atoms with Crippen molar-refractivity contribution in [2.75, 3.05) is 26.2 Å². The van der Waals surface area contributed by atoms with Crippen LogP contribution in [0.2, 0.25) is 0 Å². The first kappa shape index (κ1) is 18.3. The Labute approximate surface area is 169 Å². The Bertz CT molecular complexity index is 952. The van der Waals surface area contributed by atoms with Gasteiger partial charge in [0.2, 0.25) is 5.91 Å². The van der Waals surface area contributed by atoms with Gasteiger partial charge in [-0.3, -0.25) is 9.59 Å². The fraction of sp³-hybridized carbons (Fsp3) is 0.500. The summed E-state index contributed by atoms with van der Waals surface area (Å²) in [7, 11) is 1.91. The molecule has 2 atom stereocenters. The van der Waals surface area contributed by atoms with Crippen molar-refractivity contribution in [1.82, 2.24) is 19.4 Å². The van der Waals surface area contributed by atoms with Crippen LogP contribution in [-0.2, 0) is 11.8 Å². The highest BCUT2D eigenvalue weighted by molar-refractivity contribution is 5.96. The topological polar surface area (TPSA) is 58.4 Å². The molecular formula is C22H25FN4O2. The largest absolute Gasteiger partial charge is 0.342 e. The number of aryl methyl sites for hydroxylation is 1. The molecule has 0 unspecified atom stereocenters. The third kappa shape index (κ3) is 3.12. The lowest BCUT2D eigenvalue weighted by atomic mass is 9.75. The van der Waals surface area contributed by atoms with E-state index in [2.05, 4.69) is 4.98 Å². The van der Waals surface area contributed by atoms with E-state index >= 15 is 0 Å². The van der Waals surface area contributed by atoms with Crippen LogP contribution >= 0.6 is 0 Å². The number of hydrogen-bond donors (Lipinski definition) is 0. The van der Waals surface area contributed by atoms with E-state index in [4.69, 9.17) is 0 Å². The van der Waals surface area contributed by atoms with Crippen molar-refractivity contribution in [1.29, 1.82) is 0 Å². The van der Waals surface area contributed by atoms with Crippen molar-refractivity contribution in [2.45, 2.75) is 25.2 Å². The lowest BCUT2D eigenvalue weighted by Crippen LogP contribution is -2.41. The van der Waals surface area contributed by atoms with Crippen LogP contribution in [0, 0.1) is 17.2 Å². The molecule has 2 aliphatic heterocycles. The van der Waals surface area contributed by atoms with Crippen LogP contribution in [0.5, 0.6) is 0 Å².